The number of hydrogen-bond acceptors (Lipinski definition) is 3. The van der Waals surface area contributed by atoms with Gasteiger partial charge in [0.25, 0.3) is 0 Å². The lowest BCUT2D eigenvalue weighted by Crippen LogP contribution is -2.48. The quantitative estimate of drug-likeness (QED) is 0.845. The van der Waals surface area contributed by atoms with Crippen molar-refractivity contribution < 1.29 is 22.6 Å². The number of ether oxygens (including phenoxy) is 2. The molecule has 0 aromatic rings. The highest BCUT2D eigenvalue weighted by Gasteiger charge is 2.40. The Labute approximate surface area is 124 Å². The van der Waals surface area contributed by atoms with E-state index in [9.17, 15) is 13.2 Å². The molecule has 1 saturated carbocycles. The van der Waals surface area contributed by atoms with E-state index in [4.69, 9.17) is 9.47 Å². The van der Waals surface area contributed by atoms with Gasteiger partial charge in [0, 0.05) is 12.6 Å². The van der Waals surface area contributed by atoms with Crippen LogP contribution in [0.5, 0.6) is 0 Å². The van der Waals surface area contributed by atoms with Crippen molar-refractivity contribution in [2.75, 3.05) is 26.9 Å². The summed E-state index contributed by atoms with van der Waals surface area (Å²) in [6.07, 6.45) is 3.41. The van der Waals surface area contributed by atoms with Gasteiger partial charge in [-0.25, -0.2) is 0 Å². The molecule has 2 rings (SSSR count). The zero-order valence-electron chi connectivity index (χ0n) is 12.7. The van der Waals surface area contributed by atoms with E-state index in [0.717, 1.165) is 25.7 Å². The lowest BCUT2D eigenvalue weighted by atomic mass is 9.74. The highest BCUT2D eigenvalue weighted by atomic mass is 19.4. The number of nitrogens with one attached hydrogen (secondary N) is 1. The number of alkyl halides is 3. The summed E-state index contributed by atoms with van der Waals surface area (Å²) in [5.41, 5.74) is -0.0275. The molecule has 0 bridgehead atoms. The summed E-state index contributed by atoms with van der Waals surface area (Å²) in [6.45, 7) is -0.349. The van der Waals surface area contributed by atoms with Crippen LogP contribution in [0.25, 0.3) is 0 Å². The SMILES string of the molecule is CNC(COCC(F)(F)F)C1CCOC2(CCCCC2)C1. The predicted octanol–water partition coefficient (Wildman–Crippen LogP) is 3.28. The summed E-state index contributed by atoms with van der Waals surface area (Å²) < 4.78 is 47.4. The van der Waals surface area contributed by atoms with Crippen LogP contribution in [-0.4, -0.2) is 44.7 Å². The molecule has 1 saturated heterocycles. The molecular formula is C15H26F3NO2. The Morgan fingerprint density at radius 1 is 1.29 bits per heavy atom. The van der Waals surface area contributed by atoms with E-state index in [1.165, 1.54) is 19.3 Å². The van der Waals surface area contributed by atoms with Crippen molar-refractivity contribution >= 4 is 0 Å². The van der Waals surface area contributed by atoms with Gasteiger partial charge in [0.15, 0.2) is 0 Å². The van der Waals surface area contributed by atoms with Gasteiger partial charge in [-0.1, -0.05) is 19.3 Å². The summed E-state index contributed by atoms with van der Waals surface area (Å²) in [6, 6.07) is -0.0324. The maximum absolute atomic E-state index is 12.2. The molecule has 6 heteroatoms. The van der Waals surface area contributed by atoms with Gasteiger partial charge in [-0.15, -0.1) is 0 Å². The first-order valence-corrected chi connectivity index (χ1v) is 7.90. The average molecular weight is 309 g/mol. The molecule has 2 atom stereocenters. The molecule has 1 N–H and O–H groups in total. The fourth-order valence-corrected chi connectivity index (χ4v) is 3.71. The first-order chi connectivity index (χ1) is 9.94. The van der Waals surface area contributed by atoms with Crippen molar-refractivity contribution in [2.45, 2.75) is 62.8 Å². The molecule has 0 amide bonds. The third-order valence-electron chi connectivity index (χ3n) is 4.80. The second-order valence-corrected chi connectivity index (χ2v) is 6.37. The van der Waals surface area contributed by atoms with Gasteiger partial charge in [-0.05, 0) is 38.6 Å². The van der Waals surface area contributed by atoms with E-state index < -0.39 is 12.8 Å². The second-order valence-electron chi connectivity index (χ2n) is 6.37. The summed E-state index contributed by atoms with van der Waals surface area (Å²) in [7, 11) is 1.80. The number of hydrogen-bond donors (Lipinski definition) is 1. The van der Waals surface area contributed by atoms with Gasteiger partial charge in [-0.3, -0.25) is 0 Å². The zero-order valence-corrected chi connectivity index (χ0v) is 12.7. The van der Waals surface area contributed by atoms with Crippen molar-refractivity contribution in [3.63, 3.8) is 0 Å². The van der Waals surface area contributed by atoms with Crippen LogP contribution in [-0.2, 0) is 9.47 Å². The van der Waals surface area contributed by atoms with Crippen LogP contribution in [0.1, 0.15) is 44.9 Å². The van der Waals surface area contributed by atoms with Gasteiger partial charge in [0.05, 0.1) is 12.2 Å². The molecule has 2 unspecified atom stereocenters. The van der Waals surface area contributed by atoms with Crippen molar-refractivity contribution in [3.05, 3.63) is 0 Å². The van der Waals surface area contributed by atoms with Crippen LogP contribution in [0.2, 0.25) is 0 Å². The number of rotatable bonds is 5. The Morgan fingerprint density at radius 3 is 2.62 bits per heavy atom. The Kier molecular flexibility index (Phi) is 5.91. The van der Waals surface area contributed by atoms with Gasteiger partial charge in [0.1, 0.15) is 6.61 Å². The van der Waals surface area contributed by atoms with E-state index in [0.29, 0.717) is 12.5 Å². The summed E-state index contributed by atoms with van der Waals surface area (Å²) >= 11 is 0. The molecule has 21 heavy (non-hydrogen) atoms. The van der Waals surface area contributed by atoms with E-state index >= 15 is 0 Å². The third-order valence-corrected chi connectivity index (χ3v) is 4.80. The molecular weight excluding hydrogens is 283 g/mol. The monoisotopic (exact) mass is 309 g/mol. The van der Waals surface area contributed by atoms with Crippen molar-refractivity contribution in [3.8, 4) is 0 Å². The highest BCUT2D eigenvalue weighted by molar-refractivity contribution is 4.92. The predicted molar refractivity (Wildman–Crippen MR) is 74.2 cm³/mol. The Morgan fingerprint density at radius 2 is 2.00 bits per heavy atom. The second kappa shape index (κ2) is 7.29. The van der Waals surface area contributed by atoms with E-state index in [2.05, 4.69) is 5.32 Å². The standard InChI is InChI=1S/C15H26F3NO2/c1-19-13(10-20-11-15(16,17)18)12-5-8-21-14(9-12)6-3-2-4-7-14/h12-13,19H,2-11H2,1H3. The maximum atomic E-state index is 12.2. The summed E-state index contributed by atoms with van der Waals surface area (Å²) in [5, 5.41) is 3.13. The molecule has 1 spiro atoms. The number of halogens is 3. The smallest absolute Gasteiger partial charge is 0.375 e. The van der Waals surface area contributed by atoms with Crippen LogP contribution in [0, 0.1) is 5.92 Å². The normalized spacial score (nSPS) is 27.7. The van der Waals surface area contributed by atoms with Crippen molar-refractivity contribution in [1.29, 1.82) is 0 Å². The lowest BCUT2D eigenvalue weighted by Gasteiger charge is -2.45. The van der Waals surface area contributed by atoms with E-state index in [-0.39, 0.29) is 18.2 Å². The first kappa shape index (κ1) is 17.0. The zero-order chi connectivity index (χ0) is 15.3. The molecule has 0 aromatic carbocycles. The topological polar surface area (TPSA) is 30.5 Å². The fraction of sp³-hybridized carbons (Fsp3) is 1.00. The summed E-state index contributed by atoms with van der Waals surface area (Å²) in [4.78, 5) is 0. The summed E-state index contributed by atoms with van der Waals surface area (Å²) in [5.74, 6) is 0.329. The molecule has 0 radical (unpaired) electrons. The Balaban J connectivity index is 1.85. The minimum atomic E-state index is -4.25. The molecule has 2 fully saturated rings. The van der Waals surface area contributed by atoms with E-state index in [1.807, 2.05) is 0 Å². The molecule has 3 nitrogen and oxygen atoms in total. The van der Waals surface area contributed by atoms with Crippen LogP contribution in [0.15, 0.2) is 0 Å². The molecule has 0 aromatic heterocycles. The van der Waals surface area contributed by atoms with Gasteiger partial charge < -0.3 is 14.8 Å². The Bertz CT molecular complexity index is 311. The van der Waals surface area contributed by atoms with Crippen LogP contribution in [0.3, 0.4) is 0 Å². The minimum Gasteiger partial charge on any atom is -0.375 e. The van der Waals surface area contributed by atoms with Gasteiger partial charge >= 0.3 is 6.18 Å². The Hall–Kier alpha value is -0.330. The molecule has 1 heterocycles. The fourth-order valence-electron chi connectivity index (χ4n) is 3.71. The van der Waals surface area contributed by atoms with E-state index in [1.54, 1.807) is 7.05 Å². The van der Waals surface area contributed by atoms with Gasteiger partial charge in [0.2, 0.25) is 0 Å². The van der Waals surface area contributed by atoms with Crippen LogP contribution >= 0.6 is 0 Å². The molecule has 124 valence electrons. The highest BCUT2D eigenvalue weighted by Crippen LogP contribution is 2.41. The molecule has 2 aliphatic rings. The first-order valence-electron chi connectivity index (χ1n) is 7.90. The maximum Gasteiger partial charge on any atom is 0.411 e. The van der Waals surface area contributed by atoms with Crippen molar-refractivity contribution in [2.24, 2.45) is 5.92 Å². The third kappa shape index (κ3) is 5.11. The van der Waals surface area contributed by atoms with Crippen LogP contribution in [0.4, 0.5) is 13.2 Å². The average Bonchev–Trinajstić information content (AvgIpc) is 2.43. The van der Waals surface area contributed by atoms with Crippen molar-refractivity contribution in [1.82, 2.24) is 5.32 Å². The minimum absolute atomic E-state index is 0.0275. The lowest BCUT2D eigenvalue weighted by molar-refractivity contribution is -0.178. The largest absolute Gasteiger partial charge is 0.411 e. The molecule has 1 aliphatic heterocycles. The number of likely N-dealkylation sites (N-methyl/N-ethyl adjacent to an activating group) is 1. The van der Waals surface area contributed by atoms with Crippen LogP contribution < -0.4 is 5.32 Å². The van der Waals surface area contributed by atoms with Gasteiger partial charge in [-0.2, -0.15) is 13.2 Å². The molecule has 1 aliphatic carbocycles.